The number of benzene rings is 1. The predicted molar refractivity (Wildman–Crippen MR) is 92.6 cm³/mol. The highest BCUT2D eigenvalue weighted by Gasteiger charge is 2.30. The molecule has 23 heavy (non-hydrogen) atoms. The van der Waals surface area contributed by atoms with E-state index in [9.17, 15) is 8.42 Å². The third kappa shape index (κ3) is 3.13. The van der Waals surface area contributed by atoms with Crippen molar-refractivity contribution in [3.05, 3.63) is 41.2 Å². The Morgan fingerprint density at radius 2 is 1.70 bits per heavy atom. The molecular weight excluding hydrogens is 310 g/mol. The lowest BCUT2D eigenvalue weighted by molar-refractivity contribution is 0.585. The van der Waals surface area contributed by atoms with Crippen molar-refractivity contribution < 1.29 is 8.42 Å². The molecule has 0 radical (unpaired) electrons. The molecule has 1 fully saturated rings. The van der Waals surface area contributed by atoms with Crippen LogP contribution in [0.5, 0.6) is 0 Å². The molecule has 6 heteroatoms. The fourth-order valence-electron chi connectivity index (χ4n) is 3.15. The van der Waals surface area contributed by atoms with Crippen molar-refractivity contribution >= 4 is 15.7 Å². The lowest BCUT2D eigenvalue weighted by atomic mass is 10.2. The monoisotopic (exact) mass is 333 g/mol. The number of aryl methyl sites for hydroxylation is 2. The van der Waals surface area contributed by atoms with Gasteiger partial charge in [0.05, 0.1) is 28.0 Å². The van der Waals surface area contributed by atoms with Gasteiger partial charge in [-0.2, -0.15) is 5.10 Å². The number of hydrogen-bond acceptors (Lipinski definition) is 3. The third-order valence-corrected chi connectivity index (χ3v) is 6.39. The van der Waals surface area contributed by atoms with Gasteiger partial charge in [-0.25, -0.2) is 13.1 Å². The number of anilines is 1. The minimum atomic E-state index is -3.34. The Labute approximate surface area is 137 Å². The van der Waals surface area contributed by atoms with Gasteiger partial charge in [0.15, 0.2) is 0 Å². The Balaban J connectivity index is 1.93. The zero-order valence-corrected chi connectivity index (χ0v) is 14.7. The molecule has 1 aliphatic carbocycles. The highest BCUT2D eigenvalue weighted by molar-refractivity contribution is 7.93. The molecule has 5 nitrogen and oxygen atoms in total. The number of nitrogens with one attached hydrogen (secondary N) is 1. The van der Waals surface area contributed by atoms with E-state index in [-0.39, 0.29) is 5.25 Å². The van der Waals surface area contributed by atoms with Crippen LogP contribution in [-0.2, 0) is 10.0 Å². The van der Waals surface area contributed by atoms with Gasteiger partial charge in [-0.15, -0.1) is 0 Å². The maximum atomic E-state index is 12.5. The molecule has 124 valence electrons. The van der Waals surface area contributed by atoms with Crippen LogP contribution in [0.25, 0.3) is 5.69 Å². The van der Waals surface area contributed by atoms with E-state index >= 15 is 0 Å². The maximum Gasteiger partial charge on any atom is 0.235 e. The van der Waals surface area contributed by atoms with Gasteiger partial charge in [0.2, 0.25) is 10.0 Å². The van der Waals surface area contributed by atoms with Crippen molar-refractivity contribution in [1.82, 2.24) is 9.78 Å². The van der Waals surface area contributed by atoms with Crippen molar-refractivity contribution in [2.24, 2.45) is 0 Å². The number of rotatable bonds is 4. The van der Waals surface area contributed by atoms with E-state index in [2.05, 4.69) is 9.82 Å². The van der Waals surface area contributed by atoms with Gasteiger partial charge in [0.25, 0.3) is 0 Å². The predicted octanol–water partition coefficient (Wildman–Crippen LogP) is 3.48. The first-order valence-electron chi connectivity index (χ1n) is 8.03. The standard InChI is InChI=1S/C17H23N3O2S/c1-12-8-10-15(11-9-12)20-14(3)17(13(2)18-20)19-23(21,22)16-6-4-5-7-16/h8-11,16,19H,4-7H2,1-3H3. The molecule has 1 aromatic heterocycles. The molecule has 1 aliphatic rings. The first-order valence-corrected chi connectivity index (χ1v) is 9.58. The van der Waals surface area contributed by atoms with Crippen LogP contribution >= 0.6 is 0 Å². The second-order valence-corrected chi connectivity index (χ2v) is 8.31. The Bertz CT molecular complexity index is 801. The molecule has 1 heterocycles. The fourth-order valence-corrected chi connectivity index (χ4v) is 4.85. The molecule has 1 aromatic carbocycles. The van der Waals surface area contributed by atoms with Gasteiger partial charge in [-0.05, 0) is 45.7 Å². The summed E-state index contributed by atoms with van der Waals surface area (Å²) in [7, 11) is -3.34. The normalized spacial score (nSPS) is 16.0. The second-order valence-electron chi connectivity index (χ2n) is 6.35. The molecule has 0 bridgehead atoms. The van der Waals surface area contributed by atoms with Crippen molar-refractivity contribution in [2.45, 2.75) is 51.7 Å². The molecular formula is C17H23N3O2S. The van der Waals surface area contributed by atoms with Crippen LogP contribution in [0.4, 0.5) is 5.69 Å². The number of hydrogen-bond donors (Lipinski definition) is 1. The van der Waals surface area contributed by atoms with Gasteiger partial charge >= 0.3 is 0 Å². The largest absolute Gasteiger partial charge is 0.280 e. The van der Waals surface area contributed by atoms with Crippen molar-refractivity contribution in [1.29, 1.82) is 0 Å². The summed E-state index contributed by atoms with van der Waals surface area (Å²) in [5.74, 6) is 0. The van der Waals surface area contributed by atoms with Gasteiger partial charge in [0, 0.05) is 0 Å². The van der Waals surface area contributed by atoms with E-state index in [0.29, 0.717) is 11.4 Å². The summed E-state index contributed by atoms with van der Waals surface area (Å²) in [4.78, 5) is 0. The van der Waals surface area contributed by atoms with Gasteiger partial charge in [-0.1, -0.05) is 30.5 Å². The van der Waals surface area contributed by atoms with E-state index in [1.54, 1.807) is 4.68 Å². The average molecular weight is 333 g/mol. The summed E-state index contributed by atoms with van der Waals surface area (Å²) in [6, 6.07) is 8.02. The zero-order chi connectivity index (χ0) is 16.6. The zero-order valence-electron chi connectivity index (χ0n) is 13.8. The summed E-state index contributed by atoms with van der Waals surface area (Å²) < 4.78 is 29.7. The molecule has 0 unspecified atom stereocenters. The Kier molecular flexibility index (Phi) is 4.19. The number of sulfonamides is 1. The van der Waals surface area contributed by atoms with Crippen LogP contribution in [0.1, 0.15) is 42.6 Å². The lowest BCUT2D eigenvalue weighted by Crippen LogP contribution is -2.25. The molecule has 0 saturated heterocycles. The second kappa shape index (κ2) is 6.00. The van der Waals surface area contributed by atoms with E-state index in [1.165, 1.54) is 5.56 Å². The summed E-state index contributed by atoms with van der Waals surface area (Å²) in [5.41, 5.74) is 4.23. The van der Waals surface area contributed by atoms with E-state index < -0.39 is 10.0 Å². The summed E-state index contributed by atoms with van der Waals surface area (Å²) >= 11 is 0. The molecule has 0 atom stereocenters. The Hall–Kier alpha value is -1.82. The first-order chi connectivity index (χ1) is 10.9. The third-order valence-electron chi connectivity index (χ3n) is 4.56. The topological polar surface area (TPSA) is 64.0 Å². The van der Waals surface area contributed by atoms with Crippen LogP contribution in [0.15, 0.2) is 24.3 Å². The van der Waals surface area contributed by atoms with E-state index in [1.807, 2.05) is 45.0 Å². The van der Waals surface area contributed by atoms with Gasteiger partial charge in [-0.3, -0.25) is 4.72 Å². The molecule has 1 saturated carbocycles. The number of aromatic nitrogens is 2. The van der Waals surface area contributed by atoms with E-state index in [0.717, 1.165) is 37.1 Å². The van der Waals surface area contributed by atoms with Crippen LogP contribution in [-0.4, -0.2) is 23.4 Å². The summed E-state index contributed by atoms with van der Waals surface area (Å²) in [6.07, 6.45) is 3.48. The van der Waals surface area contributed by atoms with Crippen LogP contribution in [0, 0.1) is 20.8 Å². The smallest absolute Gasteiger partial charge is 0.235 e. The van der Waals surface area contributed by atoms with Gasteiger partial charge < -0.3 is 0 Å². The van der Waals surface area contributed by atoms with Crippen LogP contribution in [0.3, 0.4) is 0 Å². The molecule has 3 rings (SSSR count). The van der Waals surface area contributed by atoms with Crippen molar-refractivity contribution in [2.75, 3.05) is 4.72 Å². The Morgan fingerprint density at radius 1 is 1.09 bits per heavy atom. The molecule has 0 spiro atoms. The molecule has 0 aliphatic heterocycles. The Morgan fingerprint density at radius 3 is 2.30 bits per heavy atom. The highest BCUT2D eigenvalue weighted by atomic mass is 32.2. The van der Waals surface area contributed by atoms with Crippen molar-refractivity contribution in [3.63, 3.8) is 0 Å². The van der Waals surface area contributed by atoms with Gasteiger partial charge in [0.1, 0.15) is 0 Å². The van der Waals surface area contributed by atoms with Crippen LogP contribution in [0.2, 0.25) is 0 Å². The van der Waals surface area contributed by atoms with E-state index in [4.69, 9.17) is 0 Å². The average Bonchev–Trinajstić information content (AvgIpc) is 3.13. The van der Waals surface area contributed by atoms with Crippen LogP contribution < -0.4 is 4.72 Å². The quantitative estimate of drug-likeness (QED) is 0.931. The fraction of sp³-hybridized carbons (Fsp3) is 0.471. The molecule has 1 N–H and O–H groups in total. The minimum Gasteiger partial charge on any atom is -0.280 e. The summed E-state index contributed by atoms with van der Waals surface area (Å²) in [5, 5.41) is 4.24. The number of nitrogens with zero attached hydrogens (tertiary/aromatic N) is 2. The van der Waals surface area contributed by atoms with Crippen molar-refractivity contribution in [3.8, 4) is 5.69 Å². The first kappa shape index (κ1) is 16.1. The molecule has 2 aromatic rings. The molecule has 0 amide bonds. The maximum absolute atomic E-state index is 12.5. The SMILES string of the molecule is Cc1ccc(-n2nc(C)c(NS(=O)(=O)C3CCCC3)c2C)cc1. The minimum absolute atomic E-state index is 0.274. The lowest BCUT2D eigenvalue weighted by Gasteiger charge is -2.13. The highest BCUT2D eigenvalue weighted by Crippen LogP contribution is 2.29. The summed E-state index contributed by atoms with van der Waals surface area (Å²) in [6.45, 7) is 5.77.